The molecule has 8 heteroatoms. The maximum Gasteiger partial charge on any atom is 0.252 e. The van der Waals surface area contributed by atoms with Gasteiger partial charge in [0.2, 0.25) is 0 Å². The Morgan fingerprint density at radius 2 is 1.97 bits per heavy atom. The van der Waals surface area contributed by atoms with E-state index in [1.54, 1.807) is 0 Å². The number of aromatic amines is 1. The summed E-state index contributed by atoms with van der Waals surface area (Å²) in [5, 5.41) is 11.6. The molecule has 0 saturated heterocycles. The second-order valence-electron chi connectivity index (χ2n) is 7.31. The summed E-state index contributed by atoms with van der Waals surface area (Å²) in [6.07, 6.45) is 2.18. The third kappa shape index (κ3) is 3.62. The lowest BCUT2D eigenvalue weighted by atomic mass is 10.0. The largest absolute Gasteiger partial charge is 0.345 e. The van der Waals surface area contributed by atoms with Crippen LogP contribution in [0.2, 0.25) is 5.02 Å². The number of hydrogen-bond acceptors (Lipinski definition) is 4. The topological polar surface area (TPSA) is 75.6 Å². The summed E-state index contributed by atoms with van der Waals surface area (Å²) < 4.78 is 2.60. The number of nitrogens with one attached hydrogen (secondary N) is 2. The molecule has 2 aromatic heterocycles. The normalized spacial score (nSPS) is 13.5. The Hall–Kier alpha value is -3.03. The summed E-state index contributed by atoms with van der Waals surface area (Å²) in [6.45, 7) is 0.301. The van der Waals surface area contributed by atoms with Gasteiger partial charge in [-0.1, -0.05) is 41.9 Å². The molecule has 1 aliphatic rings. The summed E-state index contributed by atoms with van der Waals surface area (Å²) in [4.78, 5) is 17.9. The first-order valence-corrected chi connectivity index (χ1v) is 10.5. The van der Waals surface area contributed by atoms with Crippen LogP contribution in [0.5, 0.6) is 0 Å². The van der Waals surface area contributed by atoms with Gasteiger partial charge in [-0.2, -0.15) is 5.10 Å². The number of amides is 1. The lowest BCUT2D eigenvalue weighted by Gasteiger charge is -2.11. The second kappa shape index (κ2) is 7.66. The van der Waals surface area contributed by atoms with Gasteiger partial charge in [0.15, 0.2) is 10.6 Å². The number of pyridine rings is 1. The number of carbonyl (C=O) groups excluding carboxylic acids is 1. The first kappa shape index (κ1) is 19.0. The van der Waals surface area contributed by atoms with Crippen molar-refractivity contribution in [2.75, 3.05) is 0 Å². The SMILES string of the molecule is O=C(NCc1n[nH]c(=S)n1C1CC1)c1cc(-c2ccc(Cl)cc2)nc2ccccc12. The second-order valence-corrected chi connectivity index (χ2v) is 8.13. The van der Waals surface area contributed by atoms with Gasteiger partial charge in [-0.3, -0.25) is 14.5 Å². The van der Waals surface area contributed by atoms with E-state index >= 15 is 0 Å². The summed E-state index contributed by atoms with van der Waals surface area (Å²) in [5.74, 6) is 0.562. The molecule has 6 nitrogen and oxygen atoms in total. The fourth-order valence-electron chi connectivity index (χ4n) is 3.56. The molecule has 0 atom stereocenters. The number of benzene rings is 2. The highest BCUT2D eigenvalue weighted by Gasteiger charge is 2.27. The van der Waals surface area contributed by atoms with Crippen molar-refractivity contribution in [1.82, 2.24) is 25.1 Å². The van der Waals surface area contributed by atoms with Crippen LogP contribution in [0.1, 0.15) is 35.1 Å². The molecule has 2 N–H and O–H groups in total. The summed E-state index contributed by atoms with van der Waals surface area (Å²) >= 11 is 11.3. The van der Waals surface area contributed by atoms with Crippen LogP contribution in [-0.4, -0.2) is 25.7 Å². The molecule has 4 aromatic rings. The Kier molecular flexibility index (Phi) is 4.84. The summed E-state index contributed by atoms with van der Waals surface area (Å²) in [6, 6.07) is 17.3. The van der Waals surface area contributed by atoms with Crippen LogP contribution in [-0.2, 0) is 6.54 Å². The van der Waals surface area contributed by atoms with Crippen LogP contribution in [0.15, 0.2) is 54.6 Å². The minimum Gasteiger partial charge on any atom is -0.345 e. The standard InChI is InChI=1S/C22H18ClN5OS/c23-14-7-5-13(6-8-14)19-11-17(16-3-1-2-4-18(16)25-19)21(29)24-12-20-26-27-22(30)28(20)15-9-10-15/h1-8,11,15H,9-10,12H2,(H,24,29)(H,27,30). The number of rotatable bonds is 5. The van der Waals surface area contributed by atoms with Crippen LogP contribution >= 0.6 is 23.8 Å². The maximum absolute atomic E-state index is 13.1. The van der Waals surface area contributed by atoms with E-state index in [4.69, 9.17) is 28.8 Å². The highest BCUT2D eigenvalue weighted by molar-refractivity contribution is 7.71. The van der Waals surface area contributed by atoms with E-state index in [1.165, 1.54) is 0 Å². The highest BCUT2D eigenvalue weighted by Crippen LogP contribution is 2.35. The number of halogens is 1. The monoisotopic (exact) mass is 435 g/mol. The first-order chi connectivity index (χ1) is 14.6. The Morgan fingerprint density at radius 1 is 1.20 bits per heavy atom. The number of para-hydroxylation sites is 1. The van der Waals surface area contributed by atoms with Crippen molar-refractivity contribution in [2.24, 2.45) is 0 Å². The van der Waals surface area contributed by atoms with Gasteiger partial charge in [-0.25, -0.2) is 4.98 Å². The van der Waals surface area contributed by atoms with E-state index in [0.29, 0.717) is 27.9 Å². The number of fused-ring (bicyclic) bond motifs is 1. The molecule has 0 radical (unpaired) electrons. The highest BCUT2D eigenvalue weighted by atomic mass is 35.5. The molecule has 0 bridgehead atoms. The molecule has 1 amide bonds. The van der Waals surface area contributed by atoms with Crippen molar-refractivity contribution < 1.29 is 4.79 Å². The van der Waals surface area contributed by atoms with Gasteiger partial charge in [0.1, 0.15) is 0 Å². The van der Waals surface area contributed by atoms with E-state index in [0.717, 1.165) is 40.8 Å². The zero-order valence-electron chi connectivity index (χ0n) is 15.9. The number of hydrogen-bond donors (Lipinski definition) is 2. The van der Waals surface area contributed by atoms with Crippen molar-refractivity contribution in [1.29, 1.82) is 0 Å². The van der Waals surface area contributed by atoms with Gasteiger partial charge in [0.25, 0.3) is 5.91 Å². The van der Waals surface area contributed by atoms with Crippen LogP contribution in [0.3, 0.4) is 0 Å². The Labute approximate surface area is 182 Å². The minimum atomic E-state index is -0.180. The number of aromatic nitrogens is 4. The Morgan fingerprint density at radius 3 is 2.73 bits per heavy atom. The van der Waals surface area contributed by atoms with Gasteiger partial charge >= 0.3 is 0 Å². The van der Waals surface area contributed by atoms with Crippen molar-refractivity contribution in [3.8, 4) is 11.3 Å². The third-order valence-corrected chi connectivity index (χ3v) is 5.74. The predicted molar refractivity (Wildman–Crippen MR) is 119 cm³/mol. The molecule has 2 heterocycles. The van der Waals surface area contributed by atoms with Gasteiger partial charge in [0.05, 0.1) is 23.3 Å². The first-order valence-electron chi connectivity index (χ1n) is 9.70. The van der Waals surface area contributed by atoms with E-state index in [2.05, 4.69) is 15.5 Å². The van der Waals surface area contributed by atoms with E-state index < -0.39 is 0 Å². The third-order valence-electron chi connectivity index (χ3n) is 5.20. The van der Waals surface area contributed by atoms with Crippen molar-refractivity contribution >= 4 is 40.6 Å². The van der Waals surface area contributed by atoms with Crippen molar-refractivity contribution in [3.63, 3.8) is 0 Å². The molecule has 2 aromatic carbocycles. The number of carbonyl (C=O) groups is 1. The Bertz CT molecular complexity index is 1310. The summed E-state index contributed by atoms with van der Waals surface area (Å²) in [7, 11) is 0. The molecule has 1 fully saturated rings. The predicted octanol–water partition coefficient (Wildman–Crippen LogP) is 5.07. The molecule has 5 rings (SSSR count). The van der Waals surface area contributed by atoms with Crippen molar-refractivity contribution in [3.05, 3.63) is 75.8 Å². The van der Waals surface area contributed by atoms with Crippen LogP contribution < -0.4 is 5.32 Å². The number of nitrogens with zero attached hydrogens (tertiary/aromatic N) is 3. The van der Waals surface area contributed by atoms with Gasteiger partial charge in [-0.05, 0) is 49.3 Å². The van der Waals surface area contributed by atoms with Gasteiger partial charge in [0, 0.05) is 22.0 Å². The fraction of sp³-hybridized carbons (Fsp3) is 0.182. The molecule has 30 heavy (non-hydrogen) atoms. The summed E-state index contributed by atoms with van der Waals surface area (Å²) in [5.41, 5.74) is 2.94. The molecule has 1 aliphatic carbocycles. The molecule has 0 spiro atoms. The quantitative estimate of drug-likeness (QED) is 0.429. The number of H-pyrrole nitrogens is 1. The fourth-order valence-corrected chi connectivity index (χ4v) is 3.98. The van der Waals surface area contributed by atoms with Crippen LogP contribution in [0.25, 0.3) is 22.2 Å². The zero-order valence-corrected chi connectivity index (χ0v) is 17.5. The van der Waals surface area contributed by atoms with E-state index in [1.807, 2.05) is 59.2 Å². The van der Waals surface area contributed by atoms with Gasteiger partial charge < -0.3 is 5.32 Å². The smallest absolute Gasteiger partial charge is 0.252 e. The average Bonchev–Trinajstić information content (AvgIpc) is 3.53. The lowest BCUT2D eigenvalue weighted by molar-refractivity contribution is 0.0951. The van der Waals surface area contributed by atoms with Crippen LogP contribution in [0.4, 0.5) is 0 Å². The molecule has 1 saturated carbocycles. The van der Waals surface area contributed by atoms with E-state index in [9.17, 15) is 4.79 Å². The average molecular weight is 436 g/mol. The molecular formula is C22H18ClN5OS. The van der Waals surface area contributed by atoms with E-state index in [-0.39, 0.29) is 5.91 Å². The minimum absolute atomic E-state index is 0.180. The molecular weight excluding hydrogens is 418 g/mol. The van der Waals surface area contributed by atoms with Gasteiger partial charge in [-0.15, -0.1) is 0 Å². The Balaban J connectivity index is 1.49. The lowest BCUT2D eigenvalue weighted by Crippen LogP contribution is -2.25. The van der Waals surface area contributed by atoms with Crippen LogP contribution in [0, 0.1) is 4.77 Å². The molecule has 0 unspecified atom stereocenters. The van der Waals surface area contributed by atoms with Crippen molar-refractivity contribution in [2.45, 2.75) is 25.4 Å². The maximum atomic E-state index is 13.1. The molecule has 0 aliphatic heterocycles. The molecule has 150 valence electrons. The zero-order chi connectivity index (χ0) is 20.7.